The van der Waals surface area contributed by atoms with Gasteiger partial charge in [-0.2, -0.15) is 0 Å². The van der Waals surface area contributed by atoms with Gasteiger partial charge in [-0.05, 0) is 35.7 Å². The molecule has 1 rings (SSSR count). The van der Waals surface area contributed by atoms with Crippen LogP contribution in [0.15, 0.2) is 23.3 Å². The first-order valence-electron chi connectivity index (χ1n) is 5.46. The van der Waals surface area contributed by atoms with Crippen LogP contribution >= 0.6 is 0 Å². The lowest BCUT2D eigenvalue weighted by Gasteiger charge is -2.18. The van der Waals surface area contributed by atoms with E-state index in [2.05, 4.69) is 10.0 Å². The van der Waals surface area contributed by atoms with Crippen LogP contribution in [0.3, 0.4) is 0 Å². The quantitative estimate of drug-likeness (QED) is 0.262. The number of rotatable bonds is 6. The van der Waals surface area contributed by atoms with Gasteiger partial charge in [-0.25, -0.2) is 4.79 Å². The smallest absolute Gasteiger partial charge is 0.335 e. The molecule has 0 saturated heterocycles. The second-order valence-corrected chi connectivity index (χ2v) is 3.95. The lowest BCUT2D eigenvalue weighted by molar-refractivity contribution is 0.0150. The average molecular weight is 266 g/mol. The number of carboxylic acid groups (broad SMARTS) is 1. The fourth-order valence-electron chi connectivity index (χ4n) is 1.59. The molecule has 8 nitrogen and oxygen atoms in total. The Hall–Kier alpha value is -2.28. The van der Waals surface area contributed by atoms with Crippen LogP contribution in [0.1, 0.15) is 28.4 Å². The van der Waals surface area contributed by atoms with Crippen molar-refractivity contribution in [3.8, 4) is 0 Å². The number of carbonyl (C=O) groups is 1. The highest BCUT2D eigenvalue weighted by molar-refractivity contribution is 5.89. The first-order chi connectivity index (χ1) is 8.95. The number of azide groups is 1. The summed E-state index contributed by atoms with van der Waals surface area (Å²) in [6.07, 6.45) is -2.41. The highest BCUT2D eigenvalue weighted by atomic mass is 16.4. The number of aromatic carboxylic acids is 1. The molecule has 5 N–H and O–H groups in total. The molecular formula is C11H14N4O4. The highest BCUT2D eigenvalue weighted by Crippen LogP contribution is 2.23. The highest BCUT2D eigenvalue weighted by Gasteiger charge is 2.19. The van der Waals surface area contributed by atoms with E-state index in [4.69, 9.17) is 16.4 Å². The van der Waals surface area contributed by atoms with E-state index in [1.54, 1.807) is 0 Å². The summed E-state index contributed by atoms with van der Waals surface area (Å²) in [5.41, 5.74) is 13.9. The van der Waals surface area contributed by atoms with Gasteiger partial charge in [-0.1, -0.05) is 5.11 Å². The number of hydrogen-bond donors (Lipinski definition) is 4. The molecule has 0 amide bonds. The Morgan fingerprint density at radius 3 is 2.68 bits per heavy atom. The molecule has 0 aliphatic heterocycles. The Bertz CT molecular complexity index is 513. The lowest BCUT2D eigenvalue weighted by Crippen LogP contribution is -2.19. The lowest BCUT2D eigenvalue weighted by atomic mass is 9.99. The predicted molar refractivity (Wildman–Crippen MR) is 67.4 cm³/mol. The molecule has 1 aromatic rings. The predicted octanol–water partition coefficient (Wildman–Crippen LogP) is 1.06. The van der Waals surface area contributed by atoms with Crippen molar-refractivity contribution in [1.29, 1.82) is 0 Å². The van der Waals surface area contributed by atoms with Crippen molar-refractivity contribution in [1.82, 2.24) is 0 Å². The zero-order valence-corrected chi connectivity index (χ0v) is 9.97. The van der Waals surface area contributed by atoms with E-state index in [1.165, 1.54) is 18.2 Å². The van der Waals surface area contributed by atoms with Gasteiger partial charge < -0.3 is 21.1 Å². The summed E-state index contributed by atoms with van der Waals surface area (Å²) in [5.74, 6) is -1.18. The zero-order valence-electron chi connectivity index (χ0n) is 9.97. The van der Waals surface area contributed by atoms with E-state index < -0.39 is 18.2 Å². The van der Waals surface area contributed by atoms with E-state index in [0.29, 0.717) is 0 Å². The van der Waals surface area contributed by atoms with E-state index >= 15 is 0 Å². The minimum absolute atomic E-state index is 0.0306. The van der Waals surface area contributed by atoms with Crippen molar-refractivity contribution in [2.24, 2.45) is 5.11 Å². The van der Waals surface area contributed by atoms with Crippen LogP contribution < -0.4 is 5.73 Å². The third-order valence-electron chi connectivity index (χ3n) is 2.52. The van der Waals surface area contributed by atoms with Gasteiger partial charge >= 0.3 is 5.97 Å². The van der Waals surface area contributed by atoms with Gasteiger partial charge in [0.1, 0.15) is 6.10 Å². The van der Waals surface area contributed by atoms with E-state index in [-0.39, 0.29) is 29.8 Å². The minimum atomic E-state index is -1.30. The summed E-state index contributed by atoms with van der Waals surface area (Å²) in [4.78, 5) is 13.4. The van der Waals surface area contributed by atoms with Gasteiger partial charge in [0, 0.05) is 17.1 Å². The maximum Gasteiger partial charge on any atom is 0.335 e. The molecular weight excluding hydrogens is 252 g/mol. The van der Waals surface area contributed by atoms with Crippen LogP contribution in [0.4, 0.5) is 5.69 Å². The number of nitrogens with two attached hydrogens (primary N) is 1. The topological polar surface area (TPSA) is 153 Å². The normalized spacial score (nSPS) is 13.4. The second kappa shape index (κ2) is 6.60. The van der Waals surface area contributed by atoms with Crippen molar-refractivity contribution < 1.29 is 20.1 Å². The number of hydrogen-bond acceptors (Lipinski definition) is 5. The van der Waals surface area contributed by atoms with E-state index in [9.17, 15) is 15.0 Å². The number of anilines is 1. The molecule has 0 bridgehead atoms. The monoisotopic (exact) mass is 266 g/mol. The van der Waals surface area contributed by atoms with Gasteiger partial charge in [0.2, 0.25) is 0 Å². The molecule has 8 heteroatoms. The van der Waals surface area contributed by atoms with Gasteiger partial charge in [0.15, 0.2) is 0 Å². The van der Waals surface area contributed by atoms with Crippen LogP contribution in [0.5, 0.6) is 0 Å². The summed E-state index contributed by atoms with van der Waals surface area (Å²) in [5, 5.41) is 31.7. The fraction of sp³-hybridized carbons (Fsp3) is 0.364. The first-order valence-corrected chi connectivity index (χ1v) is 5.46. The molecule has 0 aliphatic rings. The van der Waals surface area contributed by atoms with Crippen molar-refractivity contribution in [3.63, 3.8) is 0 Å². The summed E-state index contributed by atoms with van der Waals surface area (Å²) in [6.45, 7) is 0.0306. The largest absolute Gasteiger partial charge is 0.478 e. The molecule has 102 valence electrons. The van der Waals surface area contributed by atoms with E-state index in [0.717, 1.165) is 0 Å². The Morgan fingerprint density at radius 2 is 2.11 bits per heavy atom. The third kappa shape index (κ3) is 4.14. The van der Waals surface area contributed by atoms with Crippen LogP contribution in [0.2, 0.25) is 0 Å². The molecule has 1 aromatic carbocycles. The van der Waals surface area contributed by atoms with Gasteiger partial charge in [-0.15, -0.1) is 0 Å². The van der Waals surface area contributed by atoms with Crippen LogP contribution in [-0.2, 0) is 0 Å². The zero-order chi connectivity index (χ0) is 14.4. The number of nitrogen functional groups attached to an aromatic ring is 1. The van der Waals surface area contributed by atoms with Crippen molar-refractivity contribution in [2.75, 3.05) is 12.3 Å². The number of aliphatic hydroxyl groups excluding tert-OH is 2. The van der Waals surface area contributed by atoms with Crippen LogP contribution in [0, 0.1) is 0 Å². The maximum absolute atomic E-state index is 10.9. The molecule has 0 aromatic heterocycles. The SMILES string of the molecule is [N-]=[N+]=NCCC(O)C(O)c1cc(N)cc(C(=O)O)c1. The minimum Gasteiger partial charge on any atom is -0.478 e. The maximum atomic E-state index is 10.9. The van der Waals surface area contributed by atoms with Crippen LogP contribution in [0.25, 0.3) is 10.4 Å². The molecule has 0 saturated carbocycles. The Labute approximate surface area is 108 Å². The second-order valence-electron chi connectivity index (χ2n) is 3.95. The van der Waals surface area contributed by atoms with E-state index in [1.807, 2.05) is 0 Å². The molecule has 2 atom stereocenters. The fourth-order valence-corrected chi connectivity index (χ4v) is 1.59. The molecule has 0 radical (unpaired) electrons. The summed E-state index contributed by atoms with van der Waals surface area (Å²) in [7, 11) is 0. The van der Waals surface area contributed by atoms with Gasteiger partial charge in [0.25, 0.3) is 0 Å². The number of aliphatic hydroxyl groups is 2. The molecule has 0 spiro atoms. The van der Waals surface area contributed by atoms with Crippen molar-refractivity contribution >= 4 is 11.7 Å². The van der Waals surface area contributed by atoms with Gasteiger partial charge in [-0.3, -0.25) is 0 Å². The standard InChI is InChI=1S/C11H14N4O4/c12-8-4-6(3-7(5-8)11(18)19)10(17)9(16)1-2-14-15-13/h3-5,9-10,16-17H,1-2,12H2,(H,18,19). The Kier molecular flexibility index (Phi) is 5.13. The molecule has 0 aliphatic carbocycles. The Balaban J connectivity index is 2.89. The molecule has 2 unspecified atom stereocenters. The number of benzene rings is 1. The summed E-state index contributed by atoms with van der Waals surface area (Å²) < 4.78 is 0. The summed E-state index contributed by atoms with van der Waals surface area (Å²) >= 11 is 0. The Morgan fingerprint density at radius 1 is 1.42 bits per heavy atom. The first kappa shape index (κ1) is 14.8. The van der Waals surface area contributed by atoms with Crippen molar-refractivity contribution in [3.05, 3.63) is 39.8 Å². The third-order valence-corrected chi connectivity index (χ3v) is 2.52. The molecule has 0 heterocycles. The summed E-state index contributed by atoms with van der Waals surface area (Å²) in [6, 6.07) is 3.87. The average Bonchev–Trinajstić information content (AvgIpc) is 2.37. The molecule has 0 fully saturated rings. The van der Waals surface area contributed by atoms with Crippen LogP contribution in [-0.4, -0.2) is 33.9 Å². The van der Waals surface area contributed by atoms with Crippen molar-refractivity contribution in [2.45, 2.75) is 18.6 Å². The molecule has 19 heavy (non-hydrogen) atoms. The number of carboxylic acids is 1. The van der Waals surface area contributed by atoms with Gasteiger partial charge in [0.05, 0.1) is 11.7 Å². The number of nitrogens with zero attached hydrogens (tertiary/aromatic N) is 3.